The second-order valence-corrected chi connectivity index (χ2v) is 8.60. The molecule has 1 atom stereocenters. The molecule has 1 spiro atoms. The molecule has 6 heteroatoms. The van der Waals surface area contributed by atoms with Gasteiger partial charge in [-0.25, -0.2) is 4.98 Å². The fraction of sp³-hybridized carbons (Fsp3) is 0.632. The Kier molecular flexibility index (Phi) is 4.71. The van der Waals surface area contributed by atoms with Gasteiger partial charge in [0, 0.05) is 32.4 Å². The first-order valence-electron chi connectivity index (χ1n) is 9.27. The lowest BCUT2D eigenvalue weighted by Crippen LogP contribution is -2.51. The summed E-state index contributed by atoms with van der Waals surface area (Å²) in [5.74, 6) is 1.55. The van der Waals surface area contributed by atoms with E-state index >= 15 is 0 Å². The number of carbonyl (C=O) groups is 2. The van der Waals surface area contributed by atoms with Crippen LogP contribution in [0.5, 0.6) is 0 Å². The van der Waals surface area contributed by atoms with Crippen LogP contribution < -0.4 is 0 Å². The molecular weight excluding hydrogens is 334 g/mol. The number of aromatic nitrogens is 1. The van der Waals surface area contributed by atoms with E-state index < -0.39 is 0 Å². The third-order valence-corrected chi connectivity index (χ3v) is 6.62. The highest BCUT2D eigenvalue weighted by Gasteiger charge is 2.49. The first kappa shape index (κ1) is 16.9. The predicted molar refractivity (Wildman–Crippen MR) is 97.1 cm³/mol. The highest BCUT2D eigenvalue weighted by Crippen LogP contribution is 2.41. The lowest BCUT2D eigenvalue weighted by Gasteiger charge is -2.39. The van der Waals surface area contributed by atoms with Crippen molar-refractivity contribution in [2.24, 2.45) is 11.3 Å². The van der Waals surface area contributed by atoms with Crippen molar-refractivity contribution >= 4 is 23.6 Å². The van der Waals surface area contributed by atoms with E-state index in [4.69, 9.17) is 0 Å². The van der Waals surface area contributed by atoms with Gasteiger partial charge in [0.15, 0.2) is 0 Å². The molecule has 3 aliphatic rings. The van der Waals surface area contributed by atoms with Crippen molar-refractivity contribution in [3.8, 4) is 0 Å². The van der Waals surface area contributed by atoms with Crippen LogP contribution in [0.4, 0.5) is 0 Å². The highest BCUT2D eigenvalue weighted by atomic mass is 32.2. The fourth-order valence-electron chi connectivity index (χ4n) is 4.06. The number of hydrogen-bond acceptors (Lipinski definition) is 4. The van der Waals surface area contributed by atoms with E-state index in [1.807, 2.05) is 23.1 Å². The molecule has 0 radical (unpaired) electrons. The van der Waals surface area contributed by atoms with Crippen molar-refractivity contribution in [2.75, 3.05) is 31.9 Å². The number of thioether (sulfide) groups is 1. The van der Waals surface area contributed by atoms with Crippen LogP contribution >= 0.6 is 11.8 Å². The minimum absolute atomic E-state index is 0.125. The van der Waals surface area contributed by atoms with Gasteiger partial charge in [0.25, 0.3) is 0 Å². The van der Waals surface area contributed by atoms with Gasteiger partial charge in [-0.2, -0.15) is 0 Å². The second kappa shape index (κ2) is 6.98. The molecule has 4 rings (SSSR count). The Morgan fingerprint density at radius 1 is 1.28 bits per heavy atom. The summed E-state index contributed by atoms with van der Waals surface area (Å²) in [4.78, 5) is 33.8. The Morgan fingerprint density at radius 3 is 2.92 bits per heavy atom. The molecule has 0 aromatic carbocycles. The quantitative estimate of drug-likeness (QED) is 0.758. The largest absolute Gasteiger partial charge is 0.342 e. The van der Waals surface area contributed by atoms with Gasteiger partial charge in [0.1, 0.15) is 0 Å². The van der Waals surface area contributed by atoms with Crippen molar-refractivity contribution in [3.05, 3.63) is 24.4 Å². The maximum Gasteiger partial charge on any atom is 0.233 e. The molecule has 134 valence electrons. The number of rotatable bonds is 5. The van der Waals surface area contributed by atoms with E-state index in [-0.39, 0.29) is 11.3 Å². The third kappa shape index (κ3) is 3.68. The van der Waals surface area contributed by atoms with Crippen LogP contribution in [0.3, 0.4) is 0 Å². The van der Waals surface area contributed by atoms with Gasteiger partial charge in [-0.1, -0.05) is 17.8 Å². The van der Waals surface area contributed by atoms with Crippen LogP contribution in [0.15, 0.2) is 29.4 Å². The van der Waals surface area contributed by atoms with Gasteiger partial charge < -0.3 is 9.80 Å². The zero-order valence-corrected chi connectivity index (χ0v) is 15.3. The smallest absolute Gasteiger partial charge is 0.233 e. The number of likely N-dealkylation sites (tertiary alicyclic amines) is 2. The lowest BCUT2D eigenvalue weighted by molar-refractivity contribution is -0.146. The number of carbonyl (C=O) groups excluding carboxylic acids is 2. The summed E-state index contributed by atoms with van der Waals surface area (Å²) in [6, 6.07) is 5.72. The SMILES string of the molecule is O=C(CSc1ccccn1)N1CCC2(CCCN(CC3CC3)C2=O)C1. The molecule has 1 aromatic rings. The van der Waals surface area contributed by atoms with Crippen LogP contribution in [0.2, 0.25) is 0 Å². The van der Waals surface area contributed by atoms with E-state index in [9.17, 15) is 9.59 Å². The van der Waals surface area contributed by atoms with Crippen LogP contribution in [0, 0.1) is 11.3 Å². The molecule has 25 heavy (non-hydrogen) atoms. The first-order valence-corrected chi connectivity index (χ1v) is 10.3. The van der Waals surface area contributed by atoms with E-state index in [2.05, 4.69) is 9.88 Å². The summed E-state index contributed by atoms with van der Waals surface area (Å²) in [7, 11) is 0. The normalized spacial score (nSPS) is 26.5. The average molecular weight is 359 g/mol. The summed E-state index contributed by atoms with van der Waals surface area (Å²) >= 11 is 1.47. The number of hydrogen-bond donors (Lipinski definition) is 0. The minimum atomic E-state index is -0.307. The summed E-state index contributed by atoms with van der Waals surface area (Å²) in [5.41, 5.74) is -0.307. The Bertz CT molecular complexity index is 649. The Morgan fingerprint density at radius 2 is 2.16 bits per heavy atom. The summed E-state index contributed by atoms with van der Waals surface area (Å²) < 4.78 is 0. The molecule has 2 saturated heterocycles. The van der Waals surface area contributed by atoms with Gasteiger partial charge >= 0.3 is 0 Å². The molecule has 1 aromatic heterocycles. The molecule has 0 N–H and O–H groups in total. The summed E-state index contributed by atoms with van der Waals surface area (Å²) in [6.45, 7) is 3.16. The van der Waals surface area contributed by atoms with Gasteiger partial charge in [-0.15, -0.1) is 0 Å². The van der Waals surface area contributed by atoms with Crippen LogP contribution in [-0.2, 0) is 9.59 Å². The van der Waals surface area contributed by atoms with Gasteiger partial charge in [-0.05, 0) is 50.2 Å². The van der Waals surface area contributed by atoms with Gasteiger partial charge in [-0.3, -0.25) is 9.59 Å². The number of piperidine rings is 1. The average Bonchev–Trinajstić information content (AvgIpc) is 3.35. The second-order valence-electron chi connectivity index (χ2n) is 7.60. The third-order valence-electron chi connectivity index (χ3n) is 5.69. The lowest BCUT2D eigenvalue weighted by atomic mass is 9.78. The Balaban J connectivity index is 1.34. The first-order chi connectivity index (χ1) is 12.2. The molecular formula is C19H25N3O2S. The zero-order chi connectivity index (χ0) is 17.3. The van der Waals surface area contributed by atoms with Crippen LogP contribution in [0.1, 0.15) is 32.1 Å². The molecule has 2 amide bonds. The molecule has 2 aliphatic heterocycles. The van der Waals surface area contributed by atoms with E-state index in [0.717, 1.165) is 43.3 Å². The number of amides is 2. The molecule has 5 nitrogen and oxygen atoms in total. The summed E-state index contributed by atoms with van der Waals surface area (Å²) in [6.07, 6.45) is 7.12. The van der Waals surface area contributed by atoms with Crippen LogP contribution in [-0.4, -0.2) is 58.5 Å². The van der Waals surface area contributed by atoms with E-state index in [1.165, 1.54) is 24.6 Å². The number of pyridine rings is 1. The number of nitrogens with zero attached hydrogens (tertiary/aromatic N) is 3. The molecule has 1 aliphatic carbocycles. The highest BCUT2D eigenvalue weighted by molar-refractivity contribution is 7.99. The molecule has 0 bridgehead atoms. The van der Waals surface area contributed by atoms with Crippen molar-refractivity contribution in [1.29, 1.82) is 0 Å². The minimum Gasteiger partial charge on any atom is -0.342 e. The van der Waals surface area contributed by atoms with Crippen molar-refractivity contribution < 1.29 is 9.59 Å². The monoisotopic (exact) mass is 359 g/mol. The standard InChI is InChI=1S/C19H25N3O2S/c23-17(13-25-16-4-1-2-9-20-16)22-11-8-19(14-22)7-3-10-21(18(19)24)12-15-5-6-15/h1-2,4,9,15H,3,5-8,10-14H2. The van der Waals surface area contributed by atoms with E-state index in [1.54, 1.807) is 6.20 Å². The molecule has 1 unspecified atom stereocenters. The maximum absolute atomic E-state index is 13.0. The fourth-order valence-corrected chi connectivity index (χ4v) is 4.83. The van der Waals surface area contributed by atoms with Gasteiger partial charge in [0.2, 0.25) is 11.8 Å². The molecule has 1 saturated carbocycles. The Labute approximate surface area is 153 Å². The van der Waals surface area contributed by atoms with Gasteiger partial charge in [0.05, 0.1) is 16.2 Å². The molecule has 3 heterocycles. The summed E-state index contributed by atoms with van der Waals surface area (Å²) in [5, 5.41) is 0.870. The Hall–Kier alpha value is -1.56. The predicted octanol–water partition coefficient (Wildman–Crippen LogP) is 2.42. The van der Waals surface area contributed by atoms with Crippen molar-refractivity contribution in [3.63, 3.8) is 0 Å². The zero-order valence-electron chi connectivity index (χ0n) is 14.5. The topological polar surface area (TPSA) is 53.5 Å². The maximum atomic E-state index is 13.0. The van der Waals surface area contributed by atoms with Crippen LogP contribution in [0.25, 0.3) is 0 Å². The van der Waals surface area contributed by atoms with Crippen molar-refractivity contribution in [1.82, 2.24) is 14.8 Å². The van der Waals surface area contributed by atoms with E-state index in [0.29, 0.717) is 24.7 Å². The van der Waals surface area contributed by atoms with Crippen molar-refractivity contribution in [2.45, 2.75) is 37.1 Å². The molecule has 3 fully saturated rings.